The number of aliphatic imine (C=N–C) groups is 1. The SMILES string of the molecule is C/C(=N/Cc1ccccc1)C(F)(F)F. The first kappa shape index (κ1) is 10.8. The minimum atomic E-state index is -4.31. The highest BCUT2D eigenvalue weighted by molar-refractivity contribution is 5.87. The van der Waals surface area contributed by atoms with Crippen LogP contribution in [0.1, 0.15) is 12.5 Å². The standard InChI is InChI=1S/C10H10F3N/c1-8(10(11,12)13)14-7-9-5-3-2-4-6-9/h2-6H,7H2,1H3/b14-8-. The molecule has 0 fully saturated rings. The normalized spacial score (nSPS) is 13.0. The van der Waals surface area contributed by atoms with Gasteiger partial charge in [0.1, 0.15) is 5.71 Å². The van der Waals surface area contributed by atoms with Crippen LogP contribution in [0.2, 0.25) is 0 Å². The molecule has 0 spiro atoms. The Morgan fingerprint density at radius 3 is 2.29 bits per heavy atom. The van der Waals surface area contributed by atoms with Crippen molar-refractivity contribution in [1.29, 1.82) is 0 Å². The number of rotatable bonds is 2. The zero-order valence-electron chi connectivity index (χ0n) is 7.67. The number of nitrogens with zero attached hydrogens (tertiary/aromatic N) is 1. The number of halogens is 3. The number of hydrogen-bond donors (Lipinski definition) is 0. The predicted octanol–water partition coefficient (Wildman–Crippen LogP) is 3.21. The second-order valence-electron chi connectivity index (χ2n) is 2.88. The summed E-state index contributed by atoms with van der Waals surface area (Å²) >= 11 is 0. The first-order chi connectivity index (χ1) is 6.50. The van der Waals surface area contributed by atoms with E-state index in [-0.39, 0.29) is 6.54 Å². The van der Waals surface area contributed by atoms with Gasteiger partial charge in [-0.25, -0.2) is 0 Å². The third-order valence-corrected chi connectivity index (χ3v) is 1.75. The molecule has 0 unspecified atom stereocenters. The van der Waals surface area contributed by atoms with E-state index in [1.54, 1.807) is 24.3 Å². The largest absolute Gasteiger partial charge is 0.428 e. The van der Waals surface area contributed by atoms with E-state index < -0.39 is 11.9 Å². The smallest absolute Gasteiger partial charge is 0.280 e. The molecule has 0 saturated carbocycles. The van der Waals surface area contributed by atoms with Gasteiger partial charge < -0.3 is 0 Å². The molecule has 0 N–H and O–H groups in total. The van der Waals surface area contributed by atoms with Crippen molar-refractivity contribution in [3.05, 3.63) is 35.9 Å². The van der Waals surface area contributed by atoms with Crippen LogP contribution in [0.4, 0.5) is 13.2 Å². The van der Waals surface area contributed by atoms with E-state index >= 15 is 0 Å². The van der Waals surface area contributed by atoms with Crippen molar-refractivity contribution in [2.75, 3.05) is 0 Å². The monoisotopic (exact) mass is 201 g/mol. The molecule has 0 atom stereocenters. The highest BCUT2D eigenvalue weighted by Gasteiger charge is 2.31. The highest BCUT2D eigenvalue weighted by Crippen LogP contribution is 2.17. The number of benzene rings is 1. The van der Waals surface area contributed by atoms with E-state index in [4.69, 9.17) is 0 Å². The van der Waals surface area contributed by atoms with Gasteiger partial charge in [0.2, 0.25) is 0 Å². The molecule has 0 aliphatic rings. The van der Waals surface area contributed by atoms with Gasteiger partial charge in [-0.15, -0.1) is 0 Å². The summed E-state index contributed by atoms with van der Waals surface area (Å²) in [4.78, 5) is 3.46. The number of alkyl halides is 3. The van der Waals surface area contributed by atoms with E-state index in [0.29, 0.717) is 0 Å². The second kappa shape index (κ2) is 4.26. The molecule has 0 radical (unpaired) electrons. The van der Waals surface area contributed by atoms with Crippen molar-refractivity contribution >= 4 is 5.71 Å². The van der Waals surface area contributed by atoms with Crippen molar-refractivity contribution in [2.45, 2.75) is 19.6 Å². The van der Waals surface area contributed by atoms with Crippen molar-refractivity contribution in [2.24, 2.45) is 4.99 Å². The Hall–Kier alpha value is -1.32. The van der Waals surface area contributed by atoms with Crippen molar-refractivity contribution < 1.29 is 13.2 Å². The molecule has 0 heterocycles. The lowest BCUT2D eigenvalue weighted by Gasteiger charge is -2.04. The van der Waals surface area contributed by atoms with Gasteiger partial charge in [-0.05, 0) is 12.5 Å². The Kier molecular flexibility index (Phi) is 3.28. The van der Waals surface area contributed by atoms with Gasteiger partial charge in [0, 0.05) is 0 Å². The van der Waals surface area contributed by atoms with Crippen molar-refractivity contribution in [3.63, 3.8) is 0 Å². The zero-order chi connectivity index (χ0) is 10.6. The fourth-order valence-corrected chi connectivity index (χ4v) is 0.883. The maximum Gasteiger partial charge on any atom is 0.428 e. The van der Waals surface area contributed by atoms with Crippen LogP contribution in [-0.4, -0.2) is 11.9 Å². The maximum atomic E-state index is 12.0. The Labute approximate surface area is 80.3 Å². The zero-order valence-corrected chi connectivity index (χ0v) is 7.67. The van der Waals surface area contributed by atoms with Crippen molar-refractivity contribution in [3.8, 4) is 0 Å². The average Bonchev–Trinajstić information content (AvgIpc) is 2.14. The Balaban J connectivity index is 2.65. The topological polar surface area (TPSA) is 12.4 Å². The Morgan fingerprint density at radius 1 is 1.21 bits per heavy atom. The predicted molar refractivity (Wildman–Crippen MR) is 49.3 cm³/mol. The molecular weight excluding hydrogens is 191 g/mol. The van der Waals surface area contributed by atoms with Crippen LogP contribution >= 0.6 is 0 Å². The molecule has 1 aromatic carbocycles. The van der Waals surface area contributed by atoms with Gasteiger partial charge in [-0.3, -0.25) is 4.99 Å². The molecule has 0 saturated heterocycles. The lowest BCUT2D eigenvalue weighted by molar-refractivity contribution is -0.0594. The summed E-state index contributed by atoms with van der Waals surface area (Å²) in [6, 6.07) is 8.84. The molecular formula is C10H10F3N. The minimum Gasteiger partial charge on any atom is -0.280 e. The quantitative estimate of drug-likeness (QED) is 0.651. The van der Waals surface area contributed by atoms with Gasteiger partial charge in [0.05, 0.1) is 6.54 Å². The molecule has 76 valence electrons. The van der Waals surface area contributed by atoms with Crippen LogP contribution in [0.25, 0.3) is 0 Å². The Bertz CT molecular complexity index is 314. The summed E-state index contributed by atoms with van der Waals surface area (Å²) in [6.45, 7) is 1.05. The van der Waals surface area contributed by atoms with Gasteiger partial charge in [0.15, 0.2) is 0 Å². The molecule has 0 aromatic heterocycles. The molecule has 1 rings (SSSR count). The molecule has 1 aromatic rings. The summed E-state index contributed by atoms with van der Waals surface area (Å²) in [7, 11) is 0. The van der Waals surface area contributed by atoms with Crippen LogP contribution < -0.4 is 0 Å². The van der Waals surface area contributed by atoms with Crippen LogP contribution in [0.5, 0.6) is 0 Å². The molecule has 14 heavy (non-hydrogen) atoms. The molecule has 4 heteroatoms. The van der Waals surface area contributed by atoms with Crippen molar-refractivity contribution in [1.82, 2.24) is 0 Å². The highest BCUT2D eigenvalue weighted by atomic mass is 19.4. The van der Waals surface area contributed by atoms with Gasteiger partial charge in [-0.2, -0.15) is 13.2 Å². The fourth-order valence-electron chi connectivity index (χ4n) is 0.883. The van der Waals surface area contributed by atoms with Gasteiger partial charge in [-0.1, -0.05) is 30.3 Å². The lowest BCUT2D eigenvalue weighted by Crippen LogP contribution is -2.19. The number of hydrogen-bond acceptors (Lipinski definition) is 1. The summed E-state index contributed by atoms with van der Waals surface area (Å²) in [5, 5.41) is 0. The summed E-state index contributed by atoms with van der Waals surface area (Å²) in [6.07, 6.45) is -4.31. The first-order valence-electron chi connectivity index (χ1n) is 4.12. The van der Waals surface area contributed by atoms with Crippen LogP contribution in [0.3, 0.4) is 0 Å². The van der Waals surface area contributed by atoms with E-state index in [1.165, 1.54) is 0 Å². The summed E-state index contributed by atoms with van der Waals surface area (Å²) in [5.41, 5.74) is -0.0162. The summed E-state index contributed by atoms with van der Waals surface area (Å²) in [5.74, 6) is 0. The lowest BCUT2D eigenvalue weighted by atomic mass is 10.2. The van der Waals surface area contributed by atoms with E-state index in [0.717, 1.165) is 12.5 Å². The minimum absolute atomic E-state index is 0.0756. The van der Waals surface area contributed by atoms with E-state index in [2.05, 4.69) is 4.99 Å². The van der Waals surface area contributed by atoms with Gasteiger partial charge in [0.25, 0.3) is 0 Å². The average molecular weight is 201 g/mol. The first-order valence-corrected chi connectivity index (χ1v) is 4.12. The third-order valence-electron chi connectivity index (χ3n) is 1.75. The summed E-state index contributed by atoms with van der Waals surface area (Å²) < 4.78 is 36.1. The van der Waals surface area contributed by atoms with E-state index in [1.807, 2.05) is 6.07 Å². The van der Waals surface area contributed by atoms with Gasteiger partial charge >= 0.3 is 6.18 Å². The van der Waals surface area contributed by atoms with Crippen LogP contribution in [-0.2, 0) is 6.54 Å². The molecule has 0 bridgehead atoms. The fraction of sp³-hybridized carbons (Fsp3) is 0.300. The molecule has 0 amide bonds. The van der Waals surface area contributed by atoms with E-state index in [9.17, 15) is 13.2 Å². The van der Waals surface area contributed by atoms with Crippen LogP contribution in [0, 0.1) is 0 Å². The van der Waals surface area contributed by atoms with Crippen LogP contribution in [0.15, 0.2) is 35.3 Å². The second-order valence-corrected chi connectivity index (χ2v) is 2.88. The third kappa shape index (κ3) is 3.20. The Morgan fingerprint density at radius 2 is 1.79 bits per heavy atom. The molecule has 0 aliphatic heterocycles. The maximum absolute atomic E-state index is 12.0. The molecule has 1 nitrogen and oxygen atoms in total. The molecule has 0 aliphatic carbocycles.